The summed E-state index contributed by atoms with van der Waals surface area (Å²) in [5.74, 6) is 0.708. The largest absolute Gasteiger partial charge is 0.380 e. The number of rotatable bonds is 3. The molecular weight excluding hydrogens is 366 g/mol. The topological polar surface area (TPSA) is 12.0 Å². The van der Waals surface area contributed by atoms with Crippen LogP contribution in [0.15, 0.2) is 57.5 Å². The second-order valence-corrected chi connectivity index (χ2v) is 6.73. The molecule has 0 aromatic heterocycles. The molecule has 1 aliphatic rings. The Hall–Kier alpha value is -0.800. The standard InChI is InChI=1S/C16H15Br2N/c17-14-7-4-8-15(18)16(14)19-13-9-12(10-13)11-5-2-1-3-6-11/h1-8,12-13,19H,9-10H2. The van der Waals surface area contributed by atoms with Crippen LogP contribution in [0.25, 0.3) is 0 Å². The number of anilines is 1. The minimum atomic E-state index is 0.570. The molecule has 0 heterocycles. The molecule has 0 saturated heterocycles. The van der Waals surface area contributed by atoms with Crippen LogP contribution in [-0.4, -0.2) is 6.04 Å². The normalized spacial score (nSPS) is 21.8. The molecule has 3 heteroatoms. The van der Waals surface area contributed by atoms with Crippen LogP contribution >= 0.6 is 31.9 Å². The lowest BCUT2D eigenvalue weighted by Gasteiger charge is -2.37. The number of halogens is 2. The van der Waals surface area contributed by atoms with E-state index in [1.54, 1.807) is 0 Å². The molecule has 19 heavy (non-hydrogen) atoms. The van der Waals surface area contributed by atoms with Crippen molar-refractivity contribution < 1.29 is 0 Å². The van der Waals surface area contributed by atoms with E-state index in [-0.39, 0.29) is 0 Å². The molecule has 2 aromatic carbocycles. The van der Waals surface area contributed by atoms with Gasteiger partial charge in [-0.3, -0.25) is 0 Å². The number of hydrogen-bond acceptors (Lipinski definition) is 1. The van der Waals surface area contributed by atoms with E-state index in [2.05, 4.69) is 79.6 Å². The number of benzene rings is 2. The minimum Gasteiger partial charge on any atom is -0.380 e. The van der Waals surface area contributed by atoms with E-state index >= 15 is 0 Å². The van der Waals surface area contributed by atoms with Crippen molar-refractivity contribution >= 4 is 37.5 Å². The van der Waals surface area contributed by atoms with Gasteiger partial charge in [0.2, 0.25) is 0 Å². The summed E-state index contributed by atoms with van der Waals surface area (Å²) < 4.78 is 2.23. The van der Waals surface area contributed by atoms with Crippen molar-refractivity contribution in [1.82, 2.24) is 0 Å². The van der Waals surface area contributed by atoms with Crippen molar-refractivity contribution in [2.45, 2.75) is 24.8 Å². The first kappa shape index (κ1) is 13.2. The maximum Gasteiger partial charge on any atom is 0.0631 e. The fourth-order valence-electron chi connectivity index (χ4n) is 2.57. The van der Waals surface area contributed by atoms with Gasteiger partial charge < -0.3 is 5.32 Å². The minimum absolute atomic E-state index is 0.570. The van der Waals surface area contributed by atoms with Gasteiger partial charge in [0.05, 0.1) is 5.69 Å². The Morgan fingerprint density at radius 2 is 1.47 bits per heavy atom. The highest BCUT2D eigenvalue weighted by Gasteiger charge is 2.30. The SMILES string of the molecule is Brc1cccc(Br)c1NC1CC(c2ccccc2)C1. The van der Waals surface area contributed by atoms with Crippen molar-refractivity contribution in [2.24, 2.45) is 0 Å². The Kier molecular flexibility index (Phi) is 3.94. The highest BCUT2D eigenvalue weighted by atomic mass is 79.9. The van der Waals surface area contributed by atoms with Gasteiger partial charge in [0.25, 0.3) is 0 Å². The average Bonchev–Trinajstić information content (AvgIpc) is 2.37. The molecule has 0 spiro atoms. The van der Waals surface area contributed by atoms with Crippen LogP contribution in [0.2, 0.25) is 0 Å². The van der Waals surface area contributed by atoms with E-state index in [4.69, 9.17) is 0 Å². The Bertz CT molecular complexity index is 542. The summed E-state index contributed by atoms with van der Waals surface area (Å²) in [6, 6.07) is 17.5. The summed E-state index contributed by atoms with van der Waals surface area (Å²) in [6.45, 7) is 0. The fraction of sp³-hybridized carbons (Fsp3) is 0.250. The van der Waals surface area contributed by atoms with E-state index in [1.165, 1.54) is 24.1 Å². The third kappa shape index (κ3) is 2.87. The first-order valence-corrected chi connectivity index (χ1v) is 8.08. The molecule has 1 aliphatic carbocycles. The summed E-state index contributed by atoms with van der Waals surface area (Å²) in [5.41, 5.74) is 2.63. The van der Waals surface area contributed by atoms with Gasteiger partial charge in [0, 0.05) is 15.0 Å². The maximum atomic E-state index is 3.62. The zero-order valence-electron chi connectivity index (χ0n) is 10.4. The lowest BCUT2D eigenvalue weighted by Crippen LogP contribution is -2.34. The molecule has 3 rings (SSSR count). The van der Waals surface area contributed by atoms with Crippen molar-refractivity contribution in [1.29, 1.82) is 0 Å². The van der Waals surface area contributed by atoms with E-state index in [0.29, 0.717) is 12.0 Å². The van der Waals surface area contributed by atoms with E-state index in [1.807, 2.05) is 6.07 Å². The van der Waals surface area contributed by atoms with Crippen LogP contribution in [0.1, 0.15) is 24.3 Å². The summed E-state index contributed by atoms with van der Waals surface area (Å²) >= 11 is 7.19. The van der Waals surface area contributed by atoms with Crippen LogP contribution < -0.4 is 5.32 Å². The predicted molar refractivity (Wildman–Crippen MR) is 87.7 cm³/mol. The zero-order valence-corrected chi connectivity index (χ0v) is 13.6. The lowest BCUT2D eigenvalue weighted by molar-refractivity contribution is 0.374. The molecule has 0 amide bonds. The van der Waals surface area contributed by atoms with E-state index in [0.717, 1.165) is 8.95 Å². The summed E-state index contributed by atoms with van der Waals surface area (Å²) in [5, 5.41) is 3.62. The molecule has 1 saturated carbocycles. The summed E-state index contributed by atoms with van der Waals surface area (Å²) in [6.07, 6.45) is 2.41. The van der Waals surface area contributed by atoms with Gasteiger partial charge in [-0.2, -0.15) is 0 Å². The van der Waals surface area contributed by atoms with Crippen molar-refractivity contribution in [2.75, 3.05) is 5.32 Å². The quantitative estimate of drug-likeness (QED) is 0.733. The molecule has 0 radical (unpaired) electrons. The maximum absolute atomic E-state index is 3.62. The van der Waals surface area contributed by atoms with Gasteiger partial charge in [0.1, 0.15) is 0 Å². The Morgan fingerprint density at radius 1 is 0.842 bits per heavy atom. The molecule has 1 nitrogen and oxygen atoms in total. The fourth-order valence-corrected chi connectivity index (χ4v) is 3.80. The Balaban J connectivity index is 1.63. The third-order valence-electron chi connectivity index (χ3n) is 3.72. The smallest absolute Gasteiger partial charge is 0.0631 e. The van der Waals surface area contributed by atoms with Crippen LogP contribution in [0.3, 0.4) is 0 Å². The first-order chi connectivity index (χ1) is 9.24. The predicted octanol–water partition coefficient (Wildman–Crippen LogP) is 5.57. The van der Waals surface area contributed by atoms with Crippen molar-refractivity contribution in [3.8, 4) is 0 Å². The zero-order chi connectivity index (χ0) is 13.2. The second kappa shape index (κ2) is 5.68. The molecule has 0 atom stereocenters. The molecule has 1 fully saturated rings. The number of para-hydroxylation sites is 1. The van der Waals surface area contributed by atoms with Gasteiger partial charge in [-0.25, -0.2) is 0 Å². The average molecular weight is 381 g/mol. The molecule has 1 N–H and O–H groups in total. The van der Waals surface area contributed by atoms with Crippen molar-refractivity contribution in [3.63, 3.8) is 0 Å². The van der Waals surface area contributed by atoms with Crippen LogP contribution in [-0.2, 0) is 0 Å². The molecule has 2 aromatic rings. The summed E-state index contributed by atoms with van der Waals surface area (Å²) in [7, 11) is 0. The third-order valence-corrected chi connectivity index (χ3v) is 5.04. The molecule has 0 bridgehead atoms. The highest BCUT2D eigenvalue weighted by molar-refractivity contribution is 9.11. The number of hydrogen-bond donors (Lipinski definition) is 1. The van der Waals surface area contributed by atoms with Crippen LogP contribution in [0.5, 0.6) is 0 Å². The van der Waals surface area contributed by atoms with E-state index in [9.17, 15) is 0 Å². The van der Waals surface area contributed by atoms with Gasteiger partial charge in [-0.15, -0.1) is 0 Å². The van der Waals surface area contributed by atoms with Crippen molar-refractivity contribution in [3.05, 3.63) is 63.0 Å². The molecule has 0 unspecified atom stereocenters. The van der Waals surface area contributed by atoms with Gasteiger partial charge in [-0.05, 0) is 68.3 Å². The van der Waals surface area contributed by atoms with Gasteiger partial charge in [0.15, 0.2) is 0 Å². The van der Waals surface area contributed by atoms with Gasteiger partial charge in [-0.1, -0.05) is 36.4 Å². The first-order valence-electron chi connectivity index (χ1n) is 6.49. The monoisotopic (exact) mass is 379 g/mol. The highest BCUT2D eigenvalue weighted by Crippen LogP contribution is 2.40. The number of nitrogens with one attached hydrogen (secondary N) is 1. The van der Waals surface area contributed by atoms with Crippen LogP contribution in [0.4, 0.5) is 5.69 Å². The Labute approximate surface area is 130 Å². The van der Waals surface area contributed by atoms with Crippen LogP contribution in [0, 0.1) is 0 Å². The molecule has 0 aliphatic heterocycles. The Morgan fingerprint density at radius 3 is 2.11 bits per heavy atom. The molecular formula is C16H15Br2N. The molecule has 98 valence electrons. The van der Waals surface area contributed by atoms with Gasteiger partial charge >= 0.3 is 0 Å². The summed E-state index contributed by atoms with van der Waals surface area (Å²) in [4.78, 5) is 0. The lowest BCUT2D eigenvalue weighted by atomic mass is 9.76. The second-order valence-electron chi connectivity index (χ2n) is 5.02. The van der Waals surface area contributed by atoms with E-state index < -0.39 is 0 Å².